The first kappa shape index (κ1) is 17.2. The molecule has 0 radical (unpaired) electrons. The molecule has 0 spiro atoms. The van der Waals surface area contributed by atoms with Gasteiger partial charge in [0.25, 0.3) is 0 Å². The molecule has 1 unspecified atom stereocenters. The van der Waals surface area contributed by atoms with Gasteiger partial charge in [0.05, 0.1) is 12.6 Å². The molecule has 0 saturated carbocycles. The minimum Gasteiger partial charge on any atom is -0.494 e. The zero-order valence-electron chi connectivity index (χ0n) is 12.6. The number of Topliss-reactive ketones (excluding diaryl/α,β-unsaturated/α-hetero) is 1. The van der Waals surface area contributed by atoms with E-state index in [0.29, 0.717) is 25.1 Å². The maximum absolute atomic E-state index is 12.2. The molecule has 0 aliphatic heterocycles. The van der Waals surface area contributed by atoms with Crippen molar-refractivity contribution in [2.45, 2.75) is 39.2 Å². The summed E-state index contributed by atoms with van der Waals surface area (Å²) in [5.41, 5.74) is 0.622. The van der Waals surface area contributed by atoms with Crippen molar-refractivity contribution >= 4 is 11.8 Å². The smallest absolute Gasteiger partial charge is 0.303 e. The van der Waals surface area contributed by atoms with Crippen molar-refractivity contribution < 1.29 is 19.4 Å². The molecule has 1 atom stereocenters. The highest BCUT2D eigenvalue weighted by atomic mass is 16.5. The number of hydrogen-bond donors (Lipinski definition) is 2. The Bertz CT molecular complexity index is 456. The van der Waals surface area contributed by atoms with Gasteiger partial charge in [-0.3, -0.25) is 9.59 Å². The topological polar surface area (TPSA) is 75.6 Å². The van der Waals surface area contributed by atoms with E-state index >= 15 is 0 Å². The molecule has 1 aromatic rings. The summed E-state index contributed by atoms with van der Waals surface area (Å²) >= 11 is 0. The zero-order valence-corrected chi connectivity index (χ0v) is 12.6. The molecule has 0 aliphatic rings. The van der Waals surface area contributed by atoms with Crippen LogP contribution in [-0.4, -0.2) is 36.1 Å². The number of carbonyl (C=O) groups is 2. The minimum absolute atomic E-state index is 0.00707. The number of hydrogen-bond acceptors (Lipinski definition) is 4. The lowest BCUT2D eigenvalue weighted by Gasteiger charge is -2.13. The van der Waals surface area contributed by atoms with Gasteiger partial charge in [-0.05, 0) is 50.6 Å². The van der Waals surface area contributed by atoms with Crippen LogP contribution in [0, 0.1) is 0 Å². The Labute approximate surface area is 125 Å². The van der Waals surface area contributed by atoms with Crippen LogP contribution in [-0.2, 0) is 4.79 Å². The van der Waals surface area contributed by atoms with Gasteiger partial charge in [0, 0.05) is 12.0 Å². The van der Waals surface area contributed by atoms with E-state index < -0.39 is 5.97 Å². The van der Waals surface area contributed by atoms with Gasteiger partial charge in [-0.1, -0.05) is 6.92 Å². The largest absolute Gasteiger partial charge is 0.494 e. The number of aliphatic carboxylic acids is 1. The van der Waals surface area contributed by atoms with E-state index in [2.05, 4.69) is 5.32 Å². The minimum atomic E-state index is -0.821. The Balaban J connectivity index is 2.44. The molecule has 1 aromatic carbocycles. The predicted molar refractivity (Wildman–Crippen MR) is 80.9 cm³/mol. The van der Waals surface area contributed by atoms with Crippen LogP contribution in [0.3, 0.4) is 0 Å². The molecule has 0 bridgehead atoms. The highest BCUT2D eigenvalue weighted by molar-refractivity contribution is 5.99. The Morgan fingerprint density at radius 1 is 1.29 bits per heavy atom. The lowest BCUT2D eigenvalue weighted by atomic mass is 10.1. The number of ketones is 1. The Kier molecular flexibility index (Phi) is 7.46. The zero-order chi connectivity index (χ0) is 15.7. The van der Waals surface area contributed by atoms with Crippen molar-refractivity contribution in [2.75, 3.05) is 13.2 Å². The first-order chi connectivity index (χ1) is 10.0. The molecule has 0 heterocycles. The van der Waals surface area contributed by atoms with E-state index in [1.165, 1.54) is 0 Å². The fraction of sp³-hybridized carbons (Fsp3) is 0.500. The lowest BCUT2D eigenvalue weighted by Crippen LogP contribution is -2.34. The molecule has 5 heteroatoms. The number of carboxylic acid groups (broad SMARTS) is 1. The summed E-state index contributed by atoms with van der Waals surface area (Å²) in [6, 6.07) is 6.76. The van der Waals surface area contributed by atoms with Crippen LogP contribution in [0.4, 0.5) is 0 Å². The van der Waals surface area contributed by atoms with Crippen LogP contribution >= 0.6 is 0 Å². The number of carbonyl (C=O) groups excluding carboxylic acids is 1. The average molecular weight is 293 g/mol. The van der Waals surface area contributed by atoms with Gasteiger partial charge in [0.15, 0.2) is 5.78 Å². The third-order valence-corrected chi connectivity index (χ3v) is 3.02. The van der Waals surface area contributed by atoms with Gasteiger partial charge in [-0.25, -0.2) is 0 Å². The average Bonchev–Trinajstić information content (AvgIpc) is 2.49. The first-order valence-corrected chi connectivity index (χ1v) is 7.26. The number of benzene rings is 1. The second-order valence-corrected chi connectivity index (χ2v) is 4.91. The van der Waals surface area contributed by atoms with Gasteiger partial charge >= 0.3 is 5.97 Å². The standard InChI is InChI=1S/C16H23NO4/c1-3-11-21-14-8-6-13(7-9-14)16(20)12(2)17-10-4-5-15(18)19/h6-9,12,17H,3-5,10-11H2,1-2H3,(H,18,19). The van der Waals surface area contributed by atoms with Gasteiger partial charge in [0.1, 0.15) is 5.75 Å². The Morgan fingerprint density at radius 2 is 1.95 bits per heavy atom. The first-order valence-electron chi connectivity index (χ1n) is 7.26. The number of rotatable bonds is 10. The summed E-state index contributed by atoms with van der Waals surface area (Å²) in [7, 11) is 0. The van der Waals surface area contributed by atoms with Gasteiger partial charge in [0.2, 0.25) is 0 Å². The molecular formula is C16H23NO4. The molecule has 5 nitrogen and oxygen atoms in total. The van der Waals surface area contributed by atoms with Crippen LogP contribution in [0.5, 0.6) is 5.75 Å². The third kappa shape index (κ3) is 6.40. The fourth-order valence-electron chi connectivity index (χ4n) is 1.84. The van der Waals surface area contributed by atoms with Crippen LogP contribution in [0.1, 0.15) is 43.5 Å². The molecule has 0 aromatic heterocycles. The summed E-state index contributed by atoms with van der Waals surface area (Å²) in [5.74, 6) is -0.0683. The molecule has 116 valence electrons. The van der Waals surface area contributed by atoms with E-state index in [4.69, 9.17) is 9.84 Å². The monoisotopic (exact) mass is 293 g/mol. The lowest BCUT2D eigenvalue weighted by molar-refractivity contribution is -0.137. The van der Waals surface area contributed by atoms with Crippen molar-refractivity contribution in [3.05, 3.63) is 29.8 Å². The summed E-state index contributed by atoms with van der Waals surface area (Å²) < 4.78 is 5.47. The van der Waals surface area contributed by atoms with Gasteiger partial charge in [-0.15, -0.1) is 0 Å². The SMILES string of the molecule is CCCOc1ccc(C(=O)C(C)NCCCC(=O)O)cc1. The van der Waals surface area contributed by atoms with E-state index in [1.807, 2.05) is 6.92 Å². The normalized spacial score (nSPS) is 11.9. The molecule has 2 N–H and O–H groups in total. The van der Waals surface area contributed by atoms with Gasteiger partial charge < -0.3 is 15.2 Å². The Morgan fingerprint density at radius 3 is 2.52 bits per heavy atom. The predicted octanol–water partition coefficient (Wildman–Crippen LogP) is 2.50. The van der Waals surface area contributed by atoms with E-state index in [9.17, 15) is 9.59 Å². The maximum atomic E-state index is 12.2. The van der Waals surface area contributed by atoms with Crippen LogP contribution in [0.2, 0.25) is 0 Å². The fourth-order valence-corrected chi connectivity index (χ4v) is 1.84. The van der Waals surface area contributed by atoms with E-state index in [0.717, 1.165) is 12.2 Å². The van der Waals surface area contributed by atoms with Crippen LogP contribution in [0.15, 0.2) is 24.3 Å². The van der Waals surface area contributed by atoms with Crippen molar-refractivity contribution in [1.29, 1.82) is 0 Å². The summed E-state index contributed by atoms with van der Waals surface area (Å²) in [6.07, 6.45) is 1.56. The van der Waals surface area contributed by atoms with E-state index in [-0.39, 0.29) is 18.2 Å². The maximum Gasteiger partial charge on any atom is 0.303 e. The van der Waals surface area contributed by atoms with Crippen molar-refractivity contribution in [3.63, 3.8) is 0 Å². The molecular weight excluding hydrogens is 270 g/mol. The van der Waals surface area contributed by atoms with Crippen molar-refractivity contribution in [3.8, 4) is 5.75 Å². The Hall–Kier alpha value is -1.88. The second-order valence-electron chi connectivity index (χ2n) is 4.91. The number of ether oxygens (including phenoxy) is 1. The molecule has 0 fully saturated rings. The van der Waals surface area contributed by atoms with Crippen molar-refractivity contribution in [2.24, 2.45) is 0 Å². The third-order valence-electron chi connectivity index (χ3n) is 3.02. The summed E-state index contributed by atoms with van der Waals surface area (Å²) in [5, 5.41) is 11.6. The van der Waals surface area contributed by atoms with Crippen molar-refractivity contribution in [1.82, 2.24) is 5.32 Å². The highest BCUT2D eigenvalue weighted by Gasteiger charge is 2.14. The molecule has 1 rings (SSSR count). The summed E-state index contributed by atoms with van der Waals surface area (Å²) in [6.45, 7) is 4.99. The quantitative estimate of drug-likeness (QED) is 0.512. The van der Waals surface area contributed by atoms with Crippen LogP contribution < -0.4 is 10.1 Å². The van der Waals surface area contributed by atoms with E-state index in [1.54, 1.807) is 31.2 Å². The molecule has 0 amide bonds. The molecule has 0 saturated heterocycles. The van der Waals surface area contributed by atoms with Gasteiger partial charge in [-0.2, -0.15) is 0 Å². The van der Waals surface area contributed by atoms with Crippen LogP contribution in [0.25, 0.3) is 0 Å². The molecule has 21 heavy (non-hydrogen) atoms. The second kappa shape index (κ2) is 9.13. The summed E-state index contributed by atoms with van der Waals surface area (Å²) in [4.78, 5) is 22.6. The number of nitrogens with one attached hydrogen (secondary N) is 1. The molecule has 0 aliphatic carbocycles. The highest BCUT2D eigenvalue weighted by Crippen LogP contribution is 2.13. The number of carboxylic acids is 1.